The Morgan fingerprint density at radius 2 is 1.77 bits per heavy atom. The molecule has 0 saturated carbocycles. The minimum atomic E-state index is -1.37. The molecular formula is C19H19Cl2FN2O2. The van der Waals surface area contributed by atoms with Crippen LogP contribution in [0, 0.1) is 11.2 Å². The van der Waals surface area contributed by atoms with Crippen molar-refractivity contribution in [3.8, 4) is 0 Å². The lowest BCUT2D eigenvalue weighted by Gasteiger charge is -2.23. The van der Waals surface area contributed by atoms with E-state index in [2.05, 4.69) is 10.6 Å². The molecule has 26 heavy (non-hydrogen) atoms. The van der Waals surface area contributed by atoms with Gasteiger partial charge in [0, 0.05) is 16.6 Å². The molecule has 2 amide bonds. The second kappa shape index (κ2) is 8.52. The second-order valence-corrected chi connectivity index (χ2v) is 7.14. The van der Waals surface area contributed by atoms with Crippen molar-refractivity contribution >= 4 is 40.7 Å². The van der Waals surface area contributed by atoms with Crippen LogP contribution in [0.1, 0.15) is 19.4 Å². The molecule has 4 nitrogen and oxygen atoms in total. The van der Waals surface area contributed by atoms with Gasteiger partial charge in [0.1, 0.15) is 11.2 Å². The first kappa shape index (κ1) is 20.2. The van der Waals surface area contributed by atoms with Gasteiger partial charge >= 0.3 is 0 Å². The van der Waals surface area contributed by atoms with E-state index < -0.39 is 23.0 Å². The van der Waals surface area contributed by atoms with Gasteiger partial charge in [-0.15, -0.1) is 0 Å². The molecule has 0 fully saturated rings. The molecular weight excluding hydrogens is 378 g/mol. The number of halogens is 3. The predicted octanol–water partition coefficient (Wildman–Crippen LogP) is 4.46. The first-order valence-electron chi connectivity index (χ1n) is 8.00. The van der Waals surface area contributed by atoms with E-state index in [9.17, 15) is 14.0 Å². The van der Waals surface area contributed by atoms with Gasteiger partial charge < -0.3 is 10.6 Å². The van der Waals surface area contributed by atoms with Crippen molar-refractivity contribution in [2.45, 2.75) is 20.3 Å². The Bertz CT molecular complexity index is 825. The molecule has 0 saturated heterocycles. The average Bonchev–Trinajstić information content (AvgIpc) is 2.58. The fourth-order valence-corrected chi connectivity index (χ4v) is 2.70. The number of anilines is 1. The minimum Gasteiger partial charge on any atom is -0.355 e. The van der Waals surface area contributed by atoms with Crippen LogP contribution >= 0.6 is 23.2 Å². The number of hydrogen-bond acceptors (Lipinski definition) is 2. The highest BCUT2D eigenvalue weighted by Gasteiger charge is 2.36. The predicted molar refractivity (Wildman–Crippen MR) is 102 cm³/mol. The van der Waals surface area contributed by atoms with Gasteiger partial charge in [-0.1, -0.05) is 41.4 Å². The summed E-state index contributed by atoms with van der Waals surface area (Å²) in [5, 5.41) is 6.21. The maximum absolute atomic E-state index is 13.7. The van der Waals surface area contributed by atoms with Gasteiger partial charge in [0.05, 0.1) is 5.69 Å². The SMILES string of the molecule is CC(C)(C(=O)NCCc1ccc(Cl)cc1Cl)C(=O)Nc1ccccc1F. The summed E-state index contributed by atoms with van der Waals surface area (Å²) in [5.74, 6) is -1.62. The van der Waals surface area contributed by atoms with Gasteiger partial charge in [0.2, 0.25) is 11.8 Å². The van der Waals surface area contributed by atoms with Crippen molar-refractivity contribution in [1.29, 1.82) is 0 Å². The maximum Gasteiger partial charge on any atom is 0.239 e. The molecule has 2 aromatic rings. The number of rotatable bonds is 6. The van der Waals surface area contributed by atoms with Crippen LogP contribution in [-0.4, -0.2) is 18.4 Å². The molecule has 0 aliphatic heterocycles. The molecule has 2 rings (SSSR count). The third-order valence-corrected chi connectivity index (χ3v) is 4.54. The fourth-order valence-electron chi connectivity index (χ4n) is 2.20. The monoisotopic (exact) mass is 396 g/mol. The minimum absolute atomic E-state index is 0.0336. The zero-order chi connectivity index (χ0) is 19.3. The highest BCUT2D eigenvalue weighted by atomic mass is 35.5. The molecule has 0 bridgehead atoms. The molecule has 0 aliphatic carbocycles. The standard InChI is InChI=1S/C19H19Cl2FN2O2/c1-19(2,18(26)24-16-6-4-3-5-15(16)22)17(25)23-10-9-12-7-8-13(20)11-14(12)21/h3-8,11H,9-10H2,1-2H3,(H,23,25)(H,24,26). The molecule has 0 heterocycles. The number of carbonyl (C=O) groups excluding carboxylic acids is 2. The van der Waals surface area contributed by atoms with Crippen LogP contribution in [0.4, 0.5) is 10.1 Å². The molecule has 0 spiro atoms. The molecule has 0 unspecified atom stereocenters. The van der Waals surface area contributed by atoms with E-state index in [1.165, 1.54) is 32.0 Å². The number of para-hydroxylation sites is 1. The van der Waals surface area contributed by atoms with Crippen molar-refractivity contribution < 1.29 is 14.0 Å². The molecule has 7 heteroatoms. The smallest absolute Gasteiger partial charge is 0.239 e. The lowest BCUT2D eigenvalue weighted by atomic mass is 9.90. The zero-order valence-corrected chi connectivity index (χ0v) is 15.9. The number of nitrogens with one attached hydrogen (secondary N) is 2. The Morgan fingerprint density at radius 1 is 1.08 bits per heavy atom. The second-order valence-electron chi connectivity index (χ2n) is 6.30. The number of hydrogen-bond donors (Lipinski definition) is 2. The fraction of sp³-hybridized carbons (Fsp3) is 0.263. The first-order valence-corrected chi connectivity index (χ1v) is 8.75. The summed E-state index contributed by atoms with van der Waals surface area (Å²) < 4.78 is 13.7. The van der Waals surface area contributed by atoms with Gasteiger partial charge in [-0.2, -0.15) is 0 Å². The topological polar surface area (TPSA) is 58.2 Å². The number of benzene rings is 2. The highest BCUT2D eigenvalue weighted by molar-refractivity contribution is 6.35. The molecule has 2 aromatic carbocycles. The third kappa shape index (κ3) is 4.96. The van der Waals surface area contributed by atoms with Crippen LogP contribution < -0.4 is 10.6 Å². The largest absolute Gasteiger partial charge is 0.355 e. The van der Waals surface area contributed by atoms with E-state index in [-0.39, 0.29) is 5.69 Å². The quantitative estimate of drug-likeness (QED) is 0.708. The summed E-state index contributed by atoms with van der Waals surface area (Å²) in [6, 6.07) is 10.9. The normalized spacial score (nSPS) is 11.1. The van der Waals surface area contributed by atoms with E-state index >= 15 is 0 Å². The van der Waals surface area contributed by atoms with Crippen LogP contribution in [-0.2, 0) is 16.0 Å². The van der Waals surface area contributed by atoms with Gasteiger partial charge in [0.25, 0.3) is 0 Å². The van der Waals surface area contributed by atoms with Crippen LogP contribution in [0.15, 0.2) is 42.5 Å². The van der Waals surface area contributed by atoms with Crippen LogP contribution in [0.2, 0.25) is 10.0 Å². The van der Waals surface area contributed by atoms with E-state index in [0.717, 1.165) is 5.56 Å². The Kier molecular flexibility index (Phi) is 6.62. The lowest BCUT2D eigenvalue weighted by molar-refractivity contribution is -0.138. The summed E-state index contributed by atoms with van der Waals surface area (Å²) in [5.41, 5.74) is -0.497. The van der Waals surface area contributed by atoms with Crippen molar-refractivity contribution in [3.63, 3.8) is 0 Å². The van der Waals surface area contributed by atoms with Crippen molar-refractivity contribution in [2.75, 3.05) is 11.9 Å². The Labute approximate surface area is 161 Å². The van der Waals surface area contributed by atoms with Crippen molar-refractivity contribution in [1.82, 2.24) is 5.32 Å². The highest BCUT2D eigenvalue weighted by Crippen LogP contribution is 2.22. The molecule has 0 aromatic heterocycles. The van der Waals surface area contributed by atoms with E-state index in [1.807, 2.05) is 0 Å². The molecule has 138 valence electrons. The van der Waals surface area contributed by atoms with Gasteiger partial charge in [0.15, 0.2) is 0 Å². The van der Waals surface area contributed by atoms with Crippen molar-refractivity contribution in [3.05, 3.63) is 63.9 Å². The van der Waals surface area contributed by atoms with Crippen LogP contribution in [0.25, 0.3) is 0 Å². The van der Waals surface area contributed by atoms with Gasteiger partial charge in [-0.25, -0.2) is 4.39 Å². The lowest BCUT2D eigenvalue weighted by Crippen LogP contribution is -2.45. The molecule has 0 aliphatic rings. The summed E-state index contributed by atoms with van der Waals surface area (Å²) in [4.78, 5) is 24.8. The van der Waals surface area contributed by atoms with E-state index in [1.54, 1.807) is 24.3 Å². The van der Waals surface area contributed by atoms with Crippen molar-refractivity contribution in [2.24, 2.45) is 5.41 Å². The van der Waals surface area contributed by atoms with Gasteiger partial charge in [-0.05, 0) is 50.1 Å². The number of amides is 2. The van der Waals surface area contributed by atoms with Gasteiger partial charge in [-0.3, -0.25) is 9.59 Å². The van der Waals surface area contributed by atoms with Crippen LogP contribution in [0.3, 0.4) is 0 Å². The molecule has 2 N–H and O–H groups in total. The number of carbonyl (C=O) groups is 2. The molecule has 0 radical (unpaired) electrons. The maximum atomic E-state index is 13.7. The Morgan fingerprint density at radius 3 is 2.42 bits per heavy atom. The molecule has 0 atom stereocenters. The summed E-state index contributed by atoms with van der Waals surface area (Å²) in [6.45, 7) is 3.26. The summed E-state index contributed by atoms with van der Waals surface area (Å²) >= 11 is 11.9. The average molecular weight is 397 g/mol. The van der Waals surface area contributed by atoms with Crippen LogP contribution in [0.5, 0.6) is 0 Å². The first-order chi connectivity index (χ1) is 12.2. The third-order valence-electron chi connectivity index (χ3n) is 3.95. The van der Waals surface area contributed by atoms with E-state index in [4.69, 9.17) is 23.2 Å². The summed E-state index contributed by atoms with van der Waals surface area (Å²) in [6.07, 6.45) is 0.493. The Hall–Kier alpha value is -2.11. The zero-order valence-electron chi connectivity index (χ0n) is 14.4. The van der Waals surface area contributed by atoms with E-state index in [0.29, 0.717) is 23.0 Å². The summed E-state index contributed by atoms with van der Waals surface area (Å²) in [7, 11) is 0. The Balaban J connectivity index is 1.94.